The lowest BCUT2D eigenvalue weighted by Gasteiger charge is -2.23. The Kier molecular flexibility index (Phi) is 4.62. The zero-order valence-corrected chi connectivity index (χ0v) is 12.9. The summed E-state index contributed by atoms with van der Waals surface area (Å²) in [7, 11) is 1.63. The highest BCUT2D eigenvalue weighted by Crippen LogP contribution is 2.35. The molecule has 106 valence electrons. The first-order valence-corrected chi connectivity index (χ1v) is 7.17. The zero-order valence-electron chi connectivity index (χ0n) is 11.4. The van der Waals surface area contributed by atoms with Crippen molar-refractivity contribution in [3.05, 3.63) is 27.7 Å². The van der Waals surface area contributed by atoms with Crippen molar-refractivity contribution in [2.45, 2.75) is 19.9 Å². The van der Waals surface area contributed by atoms with Gasteiger partial charge in [-0.05, 0) is 37.1 Å². The van der Waals surface area contributed by atoms with Gasteiger partial charge in [-0.15, -0.1) is 0 Å². The highest BCUT2D eigenvalue weighted by Gasteiger charge is 2.32. The minimum Gasteiger partial charge on any atom is -0.495 e. The molecular formula is C14H20Cl2N2O. The van der Waals surface area contributed by atoms with Crippen molar-refractivity contribution < 1.29 is 4.74 Å². The first-order valence-electron chi connectivity index (χ1n) is 6.42. The highest BCUT2D eigenvalue weighted by molar-refractivity contribution is 6.35. The molecule has 1 aromatic carbocycles. The first-order chi connectivity index (χ1) is 8.97. The summed E-state index contributed by atoms with van der Waals surface area (Å²) in [6.07, 6.45) is 1.13. The van der Waals surface area contributed by atoms with Crippen LogP contribution in [0.5, 0.6) is 5.75 Å². The predicted octanol–water partition coefficient (Wildman–Crippen LogP) is 3.17. The molecule has 1 atom stereocenters. The van der Waals surface area contributed by atoms with Crippen LogP contribution in [0.25, 0.3) is 0 Å². The molecule has 0 aromatic heterocycles. The summed E-state index contributed by atoms with van der Waals surface area (Å²) in [5, 5.41) is 1.20. The molecule has 2 N–H and O–H groups in total. The van der Waals surface area contributed by atoms with Crippen molar-refractivity contribution in [3.8, 4) is 5.75 Å². The molecule has 1 aliphatic heterocycles. The average Bonchev–Trinajstić information content (AvgIpc) is 2.71. The monoisotopic (exact) mass is 302 g/mol. The summed E-state index contributed by atoms with van der Waals surface area (Å²) in [5.74, 6) is 0.715. The van der Waals surface area contributed by atoms with Gasteiger partial charge in [-0.3, -0.25) is 4.90 Å². The summed E-state index contributed by atoms with van der Waals surface area (Å²) < 4.78 is 5.38. The molecule has 5 heteroatoms. The van der Waals surface area contributed by atoms with Crippen molar-refractivity contribution in [2.75, 3.05) is 26.7 Å². The third kappa shape index (κ3) is 3.34. The molecule has 19 heavy (non-hydrogen) atoms. The predicted molar refractivity (Wildman–Crippen MR) is 80.1 cm³/mol. The smallest absolute Gasteiger partial charge is 0.142 e. The Hall–Kier alpha value is -0.480. The maximum Gasteiger partial charge on any atom is 0.142 e. The van der Waals surface area contributed by atoms with Crippen LogP contribution in [0.2, 0.25) is 10.0 Å². The molecule has 0 saturated carbocycles. The van der Waals surface area contributed by atoms with Crippen molar-refractivity contribution in [3.63, 3.8) is 0 Å². The van der Waals surface area contributed by atoms with Crippen LogP contribution in [0.4, 0.5) is 0 Å². The molecule has 1 saturated heterocycles. The fourth-order valence-corrected chi connectivity index (χ4v) is 3.24. The third-order valence-corrected chi connectivity index (χ3v) is 4.31. The minimum absolute atomic E-state index is 0.218. The van der Waals surface area contributed by atoms with Gasteiger partial charge in [0.1, 0.15) is 5.75 Å². The summed E-state index contributed by atoms with van der Waals surface area (Å²) in [6.45, 7) is 5.78. The summed E-state index contributed by atoms with van der Waals surface area (Å²) in [4.78, 5) is 2.37. The highest BCUT2D eigenvalue weighted by atomic mass is 35.5. The second kappa shape index (κ2) is 5.88. The SMILES string of the molecule is COc1c(Cl)cc(Cl)cc1CN1CCC(C)(CN)C1. The van der Waals surface area contributed by atoms with Gasteiger partial charge in [-0.25, -0.2) is 0 Å². The van der Waals surface area contributed by atoms with Crippen LogP contribution in [-0.4, -0.2) is 31.6 Å². The van der Waals surface area contributed by atoms with Gasteiger partial charge in [0.15, 0.2) is 0 Å². The number of hydrogen-bond acceptors (Lipinski definition) is 3. The molecule has 0 amide bonds. The molecular weight excluding hydrogens is 283 g/mol. The Labute approximate surface area is 124 Å². The second-order valence-corrected chi connectivity index (χ2v) is 6.40. The number of likely N-dealkylation sites (tertiary alicyclic amines) is 1. The normalized spacial score (nSPS) is 23.8. The van der Waals surface area contributed by atoms with E-state index in [9.17, 15) is 0 Å². The standard InChI is InChI=1S/C14H20Cl2N2O/c1-14(8-17)3-4-18(9-14)7-10-5-11(15)6-12(16)13(10)19-2/h5-6H,3-4,7-9,17H2,1-2H3. The van der Waals surface area contributed by atoms with Crippen molar-refractivity contribution in [2.24, 2.45) is 11.1 Å². The van der Waals surface area contributed by atoms with E-state index in [0.29, 0.717) is 15.8 Å². The Bertz CT molecular complexity index is 467. The number of hydrogen-bond donors (Lipinski definition) is 1. The lowest BCUT2D eigenvalue weighted by Crippen LogP contribution is -2.31. The van der Waals surface area contributed by atoms with E-state index in [4.69, 9.17) is 33.7 Å². The number of nitrogens with two attached hydrogens (primary N) is 1. The minimum atomic E-state index is 0.218. The fourth-order valence-electron chi connectivity index (χ4n) is 2.63. The van der Waals surface area contributed by atoms with E-state index in [1.165, 1.54) is 0 Å². The molecule has 3 nitrogen and oxygen atoms in total. The Balaban J connectivity index is 2.16. The number of halogens is 2. The van der Waals surface area contributed by atoms with Gasteiger partial charge in [0.2, 0.25) is 0 Å². The fraction of sp³-hybridized carbons (Fsp3) is 0.571. The summed E-state index contributed by atoms with van der Waals surface area (Å²) in [5.41, 5.74) is 7.08. The maximum absolute atomic E-state index is 6.16. The first kappa shape index (κ1) is 14.9. The van der Waals surface area contributed by atoms with Crippen molar-refractivity contribution in [1.29, 1.82) is 0 Å². The van der Waals surface area contributed by atoms with Crippen LogP contribution < -0.4 is 10.5 Å². The van der Waals surface area contributed by atoms with Crippen LogP contribution in [0.1, 0.15) is 18.9 Å². The van der Waals surface area contributed by atoms with Crippen LogP contribution >= 0.6 is 23.2 Å². The van der Waals surface area contributed by atoms with Gasteiger partial charge in [0, 0.05) is 23.7 Å². The Morgan fingerprint density at radius 2 is 2.16 bits per heavy atom. The Morgan fingerprint density at radius 1 is 1.42 bits per heavy atom. The number of rotatable bonds is 4. The Morgan fingerprint density at radius 3 is 2.74 bits per heavy atom. The van der Waals surface area contributed by atoms with E-state index in [1.54, 1.807) is 13.2 Å². The number of methoxy groups -OCH3 is 1. The quantitative estimate of drug-likeness (QED) is 0.928. The number of nitrogens with zero attached hydrogens (tertiary/aromatic N) is 1. The van der Waals surface area contributed by atoms with Crippen molar-refractivity contribution in [1.82, 2.24) is 4.90 Å². The van der Waals surface area contributed by atoms with E-state index < -0.39 is 0 Å². The van der Waals surface area contributed by atoms with Gasteiger partial charge in [-0.2, -0.15) is 0 Å². The van der Waals surface area contributed by atoms with E-state index >= 15 is 0 Å². The van der Waals surface area contributed by atoms with Gasteiger partial charge in [-0.1, -0.05) is 30.1 Å². The van der Waals surface area contributed by atoms with E-state index in [2.05, 4.69) is 11.8 Å². The summed E-state index contributed by atoms with van der Waals surface area (Å²) >= 11 is 12.2. The van der Waals surface area contributed by atoms with Gasteiger partial charge in [0.05, 0.1) is 12.1 Å². The topological polar surface area (TPSA) is 38.5 Å². The van der Waals surface area contributed by atoms with Gasteiger partial charge in [0.25, 0.3) is 0 Å². The molecule has 0 aliphatic carbocycles. The van der Waals surface area contributed by atoms with E-state index in [0.717, 1.165) is 38.2 Å². The molecule has 0 bridgehead atoms. The van der Waals surface area contributed by atoms with Gasteiger partial charge < -0.3 is 10.5 Å². The molecule has 1 unspecified atom stereocenters. The largest absolute Gasteiger partial charge is 0.495 e. The van der Waals surface area contributed by atoms with Gasteiger partial charge >= 0.3 is 0 Å². The van der Waals surface area contributed by atoms with Crippen LogP contribution in [0, 0.1) is 5.41 Å². The average molecular weight is 303 g/mol. The number of ether oxygens (including phenoxy) is 1. The zero-order chi connectivity index (χ0) is 14.0. The molecule has 1 aliphatic rings. The molecule has 2 rings (SSSR count). The number of benzene rings is 1. The molecule has 1 heterocycles. The van der Waals surface area contributed by atoms with E-state index in [-0.39, 0.29) is 5.41 Å². The molecule has 0 spiro atoms. The lowest BCUT2D eigenvalue weighted by molar-refractivity contribution is 0.270. The summed E-state index contributed by atoms with van der Waals surface area (Å²) in [6, 6.07) is 3.63. The lowest BCUT2D eigenvalue weighted by atomic mass is 9.90. The van der Waals surface area contributed by atoms with Crippen LogP contribution in [0.3, 0.4) is 0 Å². The molecule has 1 fully saturated rings. The molecule has 1 aromatic rings. The van der Waals surface area contributed by atoms with E-state index in [1.807, 2.05) is 6.07 Å². The maximum atomic E-state index is 6.16. The van der Waals surface area contributed by atoms with Crippen LogP contribution in [-0.2, 0) is 6.54 Å². The third-order valence-electron chi connectivity index (χ3n) is 3.81. The van der Waals surface area contributed by atoms with Crippen LogP contribution in [0.15, 0.2) is 12.1 Å². The molecule has 0 radical (unpaired) electrons. The van der Waals surface area contributed by atoms with Crippen molar-refractivity contribution >= 4 is 23.2 Å². The second-order valence-electron chi connectivity index (χ2n) is 5.56.